The molecule has 0 saturated heterocycles. The largest absolute Gasteiger partial charge is 0.384 e. The van der Waals surface area contributed by atoms with Crippen molar-refractivity contribution in [3.05, 3.63) is 0 Å². The summed E-state index contributed by atoms with van der Waals surface area (Å²) in [6.45, 7) is 4.14. The molecule has 13 heavy (non-hydrogen) atoms. The van der Waals surface area contributed by atoms with Crippen LogP contribution in [0, 0.1) is 17.8 Å². The highest BCUT2D eigenvalue weighted by Crippen LogP contribution is 2.33. The van der Waals surface area contributed by atoms with Gasteiger partial charge in [0.2, 0.25) is 0 Å². The van der Waals surface area contributed by atoms with Crippen molar-refractivity contribution >= 4 is 0 Å². The van der Waals surface area contributed by atoms with E-state index in [4.69, 9.17) is 9.47 Å². The van der Waals surface area contributed by atoms with Gasteiger partial charge in [0.15, 0.2) is 0 Å². The summed E-state index contributed by atoms with van der Waals surface area (Å²) in [6, 6.07) is 0. The van der Waals surface area contributed by atoms with Gasteiger partial charge in [0.05, 0.1) is 0 Å². The van der Waals surface area contributed by atoms with E-state index in [0.29, 0.717) is 5.92 Å². The van der Waals surface area contributed by atoms with Gasteiger partial charge in [-0.2, -0.15) is 0 Å². The van der Waals surface area contributed by atoms with Crippen LogP contribution in [0.15, 0.2) is 0 Å². The van der Waals surface area contributed by atoms with Gasteiger partial charge in [0, 0.05) is 27.4 Å². The van der Waals surface area contributed by atoms with Gasteiger partial charge in [-0.15, -0.1) is 0 Å². The van der Waals surface area contributed by atoms with Crippen molar-refractivity contribution in [2.24, 2.45) is 17.8 Å². The van der Waals surface area contributed by atoms with Gasteiger partial charge in [-0.1, -0.05) is 13.3 Å². The Bertz CT molecular complexity index is 136. The molecule has 0 aromatic carbocycles. The SMILES string of the molecule is COCC1CCC(C)CC1COC. The van der Waals surface area contributed by atoms with Crippen LogP contribution in [0.2, 0.25) is 0 Å². The highest BCUT2D eigenvalue weighted by molar-refractivity contribution is 4.78. The maximum atomic E-state index is 5.25. The molecule has 1 aliphatic carbocycles. The lowest BCUT2D eigenvalue weighted by molar-refractivity contribution is 0.0334. The Morgan fingerprint density at radius 2 is 1.62 bits per heavy atom. The second-order valence-corrected chi connectivity index (χ2v) is 4.35. The van der Waals surface area contributed by atoms with Crippen molar-refractivity contribution in [2.75, 3.05) is 27.4 Å². The molecule has 0 radical (unpaired) electrons. The lowest BCUT2D eigenvalue weighted by atomic mass is 9.75. The van der Waals surface area contributed by atoms with Gasteiger partial charge in [0.1, 0.15) is 0 Å². The van der Waals surface area contributed by atoms with Crippen molar-refractivity contribution in [1.82, 2.24) is 0 Å². The third-order valence-electron chi connectivity index (χ3n) is 3.16. The van der Waals surface area contributed by atoms with Crippen molar-refractivity contribution in [1.29, 1.82) is 0 Å². The monoisotopic (exact) mass is 186 g/mol. The molecule has 1 saturated carbocycles. The topological polar surface area (TPSA) is 18.5 Å². The minimum absolute atomic E-state index is 0.716. The zero-order valence-electron chi connectivity index (χ0n) is 9.08. The van der Waals surface area contributed by atoms with Crippen LogP contribution in [0.1, 0.15) is 26.2 Å². The van der Waals surface area contributed by atoms with E-state index in [2.05, 4.69) is 6.92 Å². The molecular weight excluding hydrogens is 164 g/mol. The Hall–Kier alpha value is -0.0800. The summed E-state index contributed by atoms with van der Waals surface area (Å²) in [5, 5.41) is 0. The van der Waals surface area contributed by atoms with Crippen LogP contribution < -0.4 is 0 Å². The quantitative estimate of drug-likeness (QED) is 0.671. The average Bonchev–Trinajstić information content (AvgIpc) is 2.10. The maximum Gasteiger partial charge on any atom is 0.0494 e. The zero-order chi connectivity index (χ0) is 9.68. The van der Waals surface area contributed by atoms with Crippen molar-refractivity contribution in [3.63, 3.8) is 0 Å². The fourth-order valence-electron chi connectivity index (χ4n) is 2.41. The summed E-state index contributed by atoms with van der Waals surface area (Å²) >= 11 is 0. The molecule has 0 bridgehead atoms. The predicted octanol–water partition coefficient (Wildman–Crippen LogP) is 2.33. The van der Waals surface area contributed by atoms with E-state index < -0.39 is 0 Å². The van der Waals surface area contributed by atoms with Crippen molar-refractivity contribution in [3.8, 4) is 0 Å². The fraction of sp³-hybridized carbons (Fsp3) is 1.00. The Balaban J connectivity index is 2.40. The van der Waals surface area contributed by atoms with Gasteiger partial charge in [-0.25, -0.2) is 0 Å². The first-order valence-electron chi connectivity index (χ1n) is 5.25. The minimum Gasteiger partial charge on any atom is -0.384 e. The second-order valence-electron chi connectivity index (χ2n) is 4.35. The summed E-state index contributed by atoms with van der Waals surface area (Å²) in [6.07, 6.45) is 3.97. The van der Waals surface area contributed by atoms with E-state index in [0.717, 1.165) is 25.0 Å². The van der Waals surface area contributed by atoms with Gasteiger partial charge in [-0.05, 0) is 30.6 Å². The summed E-state index contributed by atoms with van der Waals surface area (Å²) in [7, 11) is 3.59. The Kier molecular flexibility index (Phi) is 4.74. The number of methoxy groups -OCH3 is 2. The van der Waals surface area contributed by atoms with E-state index in [9.17, 15) is 0 Å². The van der Waals surface area contributed by atoms with Crippen LogP contribution in [-0.2, 0) is 9.47 Å². The Labute approximate surface area is 81.6 Å². The molecular formula is C11H22O2. The van der Waals surface area contributed by atoms with Crippen molar-refractivity contribution < 1.29 is 9.47 Å². The molecule has 2 nitrogen and oxygen atoms in total. The first-order valence-corrected chi connectivity index (χ1v) is 5.25. The molecule has 1 rings (SSSR count). The molecule has 3 unspecified atom stereocenters. The highest BCUT2D eigenvalue weighted by atomic mass is 16.5. The average molecular weight is 186 g/mol. The number of hydrogen-bond donors (Lipinski definition) is 0. The fourth-order valence-corrected chi connectivity index (χ4v) is 2.41. The Morgan fingerprint density at radius 3 is 2.23 bits per heavy atom. The molecule has 0 heterocycles. The predicted molar refractivity (Wildman–Crippen MR) is 53.7 cm³/mol. The van der Waals surface area contributed by atoms with E-state index >= 15 is 0 Å². The molecule has 2 heteroatoms. The normalized spacial score (nSPS) is 34.8. The third kappa shape index (κ3) is 3.28. The highest BCUT2D eigenvalue weighted by Gasteiger charge is 2.28. The summed E-state index contributed by atoms with van der Waals surface area (Å²) in [5.74, 6) is 2.31. The molecule has 0 aliphatic heterocycles. The smallest absolute Gasteiger partial charge is 0.0494 e. The molecule has 0 aromatic rings. The van der Waals surface area contributed by atoms with Gasteiger partial charge >= 0.3 is 0 Å². The number of hydrogen-bond acceptors (Lipinski definition) is 2. The van der Waals surface area contributed by atoms with Crippen LogP contribution in [-0.4, -0.2) is 27.4 Å². The van der Waals surface area contributed by atoms with Crippen LogP contribution in [0.4, 0.5) is 0 Å². The molecule has 0 amide bonds. The number of rotatable bonds is 4. The summed E-state index contributed by atoms with van der Waals surface area (Å²) < 4.78 is 10.5. The van der Waals surface area contributed by atoms with Gasteiger partial charge < -0.3 is 9.47 Å². The van der Waals surface area contributed by atoms with Crippen LogP contribution in [0.25, 0.3) is 0 Å². The van der Waals surface area contributed by atoms with Gasteiger partial charge in [-0.3, -0.25) is 0 Å². The van der Waals surface area contributed by atoms with E-state index in [1.54, 1.807) is 14.2 Å². The molecule has 1 aliphatic rings. The lowest BCUT2D eigenvalue weighted by Crippen LogP contribution is -2.30. The molecule has 78 valence electrons. The van der Waals surface area contributed by atoms with Crippen LogP contribution in [0.5, 0.6) is 0 Å². The van der Waals surface area contributed by atoms with E-state index in [-0.39, 0.29) is 0 Å². The zero-order valence-corrected chi connectivity index (χ0v) is 9.08. The summed E-state index contributed by atoms with van der Waals surface area (Å²) in [5.41, 5.74) is 0. The standard InChI is InChI=1S/C11H22O2/c1-9-4-5-10(7-12-2)11(6-9)8-13-3/h9-11H,4-8H2,1-3H3. The lowest BCUT2D eigenvalue weighted by Gasteiger charge is -2.34. The molecule has 0 spiro atoms. The van der Waals surface area contributed by atoms with Crippen LogP contribution >= 0.6 is 0 Å². The molecule has 3 atom stereocenters. The maximum absolute atomic E-state index is 5.25. The van der Waals surface area contributed by atoms with Crippen molar-refractivity contribution in [2.45, 2.75) is 26.2 Å². The van der Waals surface area contributed by atoms with E-state index in [1.165, 1.54) is 19.3 Å². The molecule has 0 N–H and O–H groups in total. The summed E-state index contributed by atoms with van der Waals surface area (Å²) in [4.78, 5) is 0. The number of ether oxygens (including phenoxy) is 2. The Morgan fingerprint density at radius 1 is 1.00 bits per heavy atom. The van der Waals surface area contributed by atoms with Gasteiger partial charge in [0.25, 0.3) is 0 Å². The first-order chi connectivity index (χ1) is 6.27. The van der Waals surface area contributed by atoms with E-state index in [1.807, 2.05) is 0 Å². The van der Waals surface area contributed by atoms with Crippen LogP contribution in [0.3, 0.4) is 0 Å². The minimum atomic E-state index is 0.716. The second kappa shape index (κ2) is 5.61. The third-order valence-corrected chi connectivity index (χ3v) is 3.16. The molecule has 1 fully saturated rings. The first kappa shape index (κ1) is 11.0. The molecule has 0 aromatic heterocycles.